The highest BCUT2D eigenvalue weighted by molar-refractivity contribution is 5.74. The fourth-order valence-electron chi connectivity index (χ4n) is 2.59. The Kier molecular flexibility index (Phi) is 2.93. The van der Waals surface area contributed by atoms with Gasteiger partial charge >= 0.3 is 0 Å². The number of aryl methyl sites for hydroxylation is 1. The summed E-state index contributed by atoms with van der Waals surface area (Å²) in [7, 11) is 1.75. The Morgan fingerprint density at radius 1 is 1.37 bits per heavy atom. The van der Waals surface area contributed by atoms with Gasteiger partial charge in [0.25, 0.3) is 0 Å². The van der Waals surface area contributed by atoms with Crippen LogP contribution in [-0.4, -0.2) is 28.3 Å². The Morgan fingerprint density at radius 3 is 2.84 bits per heavy atom. The second-order valence-electron chi connectivity index (χ2n) is 5.59. The average molecular weight is 260 g/mol. The summed E-state index contributed by atoms with van der Waals surface area (Å²) >= 11 is 0. The minimum Gasteiger partial charge on any atom is -0.385 e. The minimum atomic E-state index is 0.336. The van der Waals surface area contributed by atoms with Crippen LogP contribution in [0.25, 0.3) is 11.2 Å². The summed E-state index contributed by atoms with van der Waals surface area (Å²) in [5, 5.41) is 0. The number of rotatable bonds is 5. The van der Waals surface area contributed by atoms with Gasteiger partial charge in [-0.15, -0.1) is 0 Å². The van der Waals surface area contributed by atoms with Gasteiger partial charge in [-0.25, -0.2) is 9.97 Å². The second kappa shape index (κ2) is 4.49. The van der Waals surface area contributed by atoms with Crippen LogP contribution in [0.15, 0.2) is 12.1 Å². The zero-order valence-electron chi connectivity index (χ0n) is 11.5. The molecule has 19 heavy (non-hydrogen) atoms. The highest BCUT2D eigenvalue weighted by Crippen LogP contribution is 2.50. The molecule has 1 fully saturated rings. The standard InChI is InChI=1S/C14H20N4O/c1-10-3-4-11-12(16-10)18(13(15)17-11)9-14(5-6-14)7-8-19-2/h3-4H,5-9H2,1-2H3,(H2,15,17). The lowest BCUT2D eigenvalue weighted by Crippen LogP contribution is -2.16. The van der Waals surface area contributed by atoms with Gasteiger partial charge in [-0.3, -0.25) is 4.57 Å². The number of methoxy groups -OCH3 is 1. The van der Waals surface area contributed by atoms with E-state index in [1.807, 2.05) is 19.1 Å². The number of pyridine rings is 1. The number of ether oxygens (including phenoxy) is 1. The molecule has 1 aliphatic rings. The molecule has 0 bridgehead atoms. The molecule has 0 radical (unpaired) electrons. The van der Waals surface area contributed by atoms with E-state index in [-0.39, 0.29) is 0 Å². The van der Waals surface area contributed by atoms with E-state index in [0.717, 1.165) is 36.4 Å². The van der Waals surface area contributed by atoms with Gasteiger partial charge in [-0.05, 0) is 43.7 Å². The third kappa shape index (κ3) is 2.30. The van der Waals surface area contributed by atoms with Crippen molar-refractivity contribution in [3.05, 3.63) is 17.8 Å². The molecule has 0 unspecified atom stereocenters. The van der Waals surface area contributed by atoms with Crippen LogP contribution in [0.5, 0.6) is 0 Å². The van der Waals surface area contributed by atoms with Gasteiger partial charge in [-0.2, -0.15) is 0 Å². The lowest BCUT2D eigenvalue weighted by atomic mass is 10.0. The summed E-state index contributed by atoms with van der Waals surface area (Å²) in [6, 6.07) is 3.95. The number of imidazole rings is 1. The zero-order valence-corrected chi connectivity index (χ0v) is 11.5. The molecule has 0 atom stereocenters. The molecule has 2 heterocycles. The fourth-order valence-corrected chi connectivity index (χ4v) is 2.59. The molecule has 0 aliphatic heterocycles. The summed E-state index contributed by atoms with van der Waals surface area (Å²) in [6.07, 6.45) is 3.55. The normalized spacial score (nSPS) is 16.9. The van der Waals surface area contributed by atoms with Crippen LogP contribution in [0.2, 0.25) is 0 Å². The maximum absolute atomic E-state index is 6.05. The van der Waals surface area contributed by atoms with E-state index in [1.165, 1.54) is 12.8 Å². The Bertz CT molecular complexity index is 601. The van der Waals surface area contributed by atoms with E-state index < -0.39 is 0 Å². The van der Waals surface area contributed by atoms with Crippen molar-refractivity contribution < 1.29 is 4.74 Å². The second-order valence-corrected chi connectivity index (χ2v) is 5.59. The first-order chi connectivity index (χ1) is 9.13. The molecule has 2 aromatic rings. The molecule has 0 saturated heterocycles. The molecule has 3 rings (SSSR count). The topological polar surface area (TPSA) is 66.0 Å². The predicted octanol–water partition coefficient (Wildman–Crippen LogP) is 2.14. The molecule has 1 aliphatic carbocycles. The largest absolute Gasteiger partial charge is 0.385 e. The molecule has 102 valence electrons. The first-order valence-corrected chi connectivity index (χ1v) is 6.72. The summed E-state index contributed by atoms with van der Waals surface area (Å²) < 4.78 is 7.26. The number of fused-ring (bicyclic) bond motifs is 1. The van der Waals surface area contributed by atoms with E-state index in [1.54, 1.807) is 7.11 Å². The molecule has 2 aromatic heterocycles. The highest BCUT2D eigenvalue weighted by atomic mass is 16.5. The number of nitrogens with zero attached hydrogens (tertiary/aromatic N) is 3. The number of nitrogens with two attached hydrogens (primary N) is 1. The van der Waals surface area contributed by atoms with Crippen molar-refractivity contribution >= 4 is 17.1 Å². The van der Waals surface area contributed by atoms with Gasteiger partial charge < -0.3 is 10.5 Å². The van der Waals surface area contributed by atoms with Gasteiger partial charge in [0.2, 0.25) is 5.95 Å². The summed E-state index contributed by atoms with van der Waals surface area (Å²) in [5.41, 5.74) is 9.16. The number of anilines is 1. The van der Waals surface area contributed by atoms with Crippen molar-refractivity contribution in [2.75, 3.05) is 19.5 Å². The quantitative estimate of drug-likeness (QED) is 0.894. The van der Waals surface area contributed by atoms with E-state index >= 15 is 0 Å². The van der Waals surface area contributed by atoms with Gasteiger partial charge in [0.05, 0.1) is 0 Å². The minimum absolute atomic E-state index is 0.336. The van der Waals surface area contributed by atoms with Crippen molar-refractivity contribution in [1.82, 2.24) is 14.5 Å². The highest BCUT2D eigenvalue weighted by Gasteiger charge is 2.43. The summed E-state index contributed by atoms with van der Waals surface area (Å²) in [5.74, 6) is 0.566. The van der Waals surface area contributed by atoms with E-state index in [4.69, 9.17) is 10.5 Å². The van der Waals surface area contributed by atoms with Crippen molar-refractivity contribution in [2.45, 2.75) is 32.7 Å². The van der Waals surface area contributed by atoms with E-state index in [0.29, 0.717) is 11.4 Å². The first kappa shape index (κ1) is 12.4. The summed E-state index contributed by atoms with van der Waals surface area (Å²) in [6.45, 7) is 3.69. The molecule has 2 N–H and O–H groups in total. The van der Waals surface area contributed by atoms with Gasteiger partial charge in [0.15, 0.2) is 5.65 Å². The van der Waals surface area contributed by atoms with Crippen LogP contribution in [-0.2, 0) is 11.3 Å². The molecular formula is C14H20N4O. The lowest BCUT2D eigenvalue weighted by molar-refractivity contribution is 0.167. The van der Waals surface area contributed by atoms with Crippen LogP contribution in [0, 0.1) is 12.3 Å². The molecule has 0 aromatic carbocycles. The Hall–Kier alpha value is -1.62. The Labute approximate surface area is 112 Å². The van der Waals surface area contributed by atoms with Crippen molar-refractivity contribution in [3.8, 4) is 0 Å². The van der Waals surface area contributed by atoms with Crippen molar-refractivity contribution in [1.29, 1.82) is 0 Å². The van der Waals surface area contributed by atoms with Gasteiger partial charge in [-0.1, -0.05) is 0 Å². The molecule has 0 spiro atoms. The zero-order chi connectivity index (χ0) is 13.5. The van der Waals surface area contributed by atoms with Crippen LogP contribution in [0.4, 0.5) is 5.95 Å². The van der Waals surface area contributed by atoms with Crippen LogP contribution >= 0.6 is 0 Å². The Morgan fingerprint density at radius 2 is 2.16 bits per heavy atom. The van der Waals surface area contributed by atoms with Crippen molar-refractivity contribution in [3.63, 3.8) is 0 Å². The molecule has 1 saturated carbocycles. The van der Waals surface area contributed by atoms with Gasteiger partial charge in [0.1, 0.15) is 5.52 Å². The summed E-state index contributed by atoms with van der Waals surface area (Å²) in [4.78, 5) is 8.97. The SMILES string of the molecule is COCCC1(Cn2c(N)nc3ccc(C)nc32)CC1. The van der Waals surface area contributed by atoms with E-state index in [9.17, 15) is 0 Å². The number of hydrogen-bond donors (Lipinski definition) is 1. The number of hydrogen-bond acceptors (Lipinski definition) is 4. The molecule has 5 heteroatoms. The first-order valence-electron chi connectivity index (χ1n) is 6.72. The number of nitrogen functional groups attached to an aromatic ring is 1. The smallest absolute Gasteiger partial charge is 0.202 e. The van der Waals surface area contributed by atoms with Crippen LogP contribution in [0.1, 0.15) is 25.0 Å². The maximum Gasteiger partial charge on any atom is 0.202 e. The molecular weight excluding hydrogens is 240 g/mol. The molecule has 5 nitrogen and oxygen atoms in total. The number of aromatic nitrogens is 3. The van der Waals surface area contributed by atoms with Crippen molar-refractivity contribution in [2.24, 2.45) is 5.41 Å². The fraction of sp³-hybridized carbons (Fsp3) is 0.571. The maximum atomic E-state index is 6.05. The van der Waals surface area contributed by atoms with E-state index in [2.05, 4.69) is 14.5 Å². The Balaban J connectivity index is 1.92. The monoisotopic (exact) mass is 260 g/mol. The third-order valence-electron chi connectivity index (χ3n) is 4.05. The third-order valence-corrected chi connectivity index (χ3v) is 4.05. The van der Waals surface area contributed by atoms with Crippen LogP contribution < -0.4 is 5.73 Å². The van der Waals surface area contributed by atoms with Crippen LogP contribution in [0.3, 0.4) is 0 Å². The molecule has 0 amide bonds. The average Bonchev–Trinajstić information content (AvgIpc) is 3.09. The lowest BCUT2D eigenvalue weighted by Gasteiger charge is -2.16. The van der Waals surface area contributed by atoms with Gasteiger partial charge in [0, 0.05) is 26.0 Å². The predicted molar refractivity (Wildman–Crippen MR) is 74.8 cm³/mol.